The third kappa shape index (κ3) is 5.61. The third-order valence-corrected chi connectivity index (χ3v) is 7.58. The van der Waals surface area contributed by atoms with Crippen LogP contribution in [0.2, 0.25) is 0 Å². The van der Waals surface area contributed by atoms with Crippen LogP contribution >= 0.6 is 11.3 Å². The van der Waals surface area contributed by atoms with Gasteiger partial charge in [0.15, 0.2) is 11.7 Å². The summed E-state index contributed by atoms with van der Waals surface area (Å²) in [4.78, 5) is 17.0. The van der Waals surface area contributed by atoms with Crippen molar-refractivity contribution in [3.63, 3.8) is 0 Å². The van der Waals surface area contributed by atoms with Gasteiger partial charge in [-0.2, -0.15) is 17.5 Å². The fourth-order valence-corrected chi connectivity index (χ4v) is 5.92. The van der Waals surface area contributed by atoms with Crippen LogP contribution in [0.25, 0.3) is 10.2 Å². The number of anilines is 1. The Bertz CT molecular complexity index is 1010. The molecule has 0 spiro atoms. The Morgan fingerprint density at radius 1 is 1.37 bits per heavy atom. The van der Waals surface area contributed by atoms with E-state index in [-0.39, 0.29) is 16.6 Å². The van der Waals surface area contributed by atoms with E-state index >= 15 is 0 Å². The molecule has 7 nitrogen and oxygen atoms in total. The van der Waals surface area contributed by atoms with Crippen LogP contribution in [0.15, 0.2) is 18.2 Å². The number of halogens is 3. The number of thiazole rings is 1. The number of alkyl halides is 3. The summed E-state index contributed by atoms with van der Waals surface area (Å²) in [5.41, 5.74) is 0.494. The minimum absolute atomic E-state index is 0.0153. The van der Waals surface area contributed by atoms with Gasteiger partial charge in [-0.3, -0.25) is 4.79 Å². The Labute approximate surface area is 176 Å². The number of carbonyl (C=O) groups is 1. The number of rotatable bonds is 7. The lowest BCUT2D eigenvalue weighted by Crippen LogP contribution is -2.50. The standard InChI is InChI=1S/C18H22F3N3O4S2/c1-2-9-30(26,27)24-8-4-3-5-14(24)16(25)23-17-22-13-7-6-12(10-15(13)29-17)28-11-18(19,20)21/h6-7,10,14H,2-5,8-9,11H2,1H3,(H,22,23,25). The third-order valence-electron chi connectivity index (χ3n) is 4.57. The number of carbonyl (C=O) groups excluding carboxylic acids is 1. The maximum atomic E-state index is 12.8. The molecule has 1 N–H and O–H groups in total. The van der Waals surface area contributed by atoms with E-state index in [0.717, 1.165) is 17.8 Å². The van der Waals surface area contributed by atoms with Crippen molar-refractivity contribution in [2.75, 3.05) is 24.2 Å². The van der Waals surface area contributed by atoms with E-state index in [4.69, 9.17) is 4.74 Å². The normalized spacial score (nSPS) is 18.5. The van der Waals surface area contributed by atoms with E-state index in [1.807, 2.05) is 0 Å². The number of hydrogen-bond acceptors (Lipinski definition) is 6. The molecule has 30 heavy (non-hydrogen) atoms. The molecule has 3 rings (SSSR count). The molecule has 2 aromatic rings. The molecule has 1 fully saturated rings. The molecule has 0 aliphatic carbocycles. The zero-order valence-electron chi connectivity index (χ0n) is 16.2. The van der Waals surface area contributed by atoms with Crippen molar-refractivity contribution in [3.05, 3.63) is 18.2 Å². The highest BCUT2D eigenvalue weighted by atomic mass is 32.2. The molecule has 2 heterocycles. The number of sulfonamides is 1. The number of nitrogens with zero attached hydrogens (tertiary/aromatic N) is 2. The Hall–Kier alpha value is -1.92. The largest absolute Gasteiger partial charge is 0.484 e. The van der Waals surface area contributed by atoms with E-state index in [9.17, 15) is 26.4 Å². The highest BCUT2D eigenvalue weighted by Crippen LogP contribution is 2.31. The summed E-state index contributed by atoms with van der Waals surface area (Å²) in [6, 6.07) is 3.51. The molecule has 1 atom stereocenters. The van der Waals surface area contributed by atoms with E-state index < -0.39 is 34.8 Å². The summed E-state index contributed by atoms with van der Waals surface area (Å²) >= 11 is 1.08. The SMILES string of the molecule is CCCS(=O)(=O)N1CCCCC1C(=O)Nc1nc2ccc(OCC(F)(F)F)cc2s1. The Morgan fingerprint density at radius 3 is 2.83 bits per heavy atom. The van der Waals surface area contributed by atoms with Crippen LogP contribution in [0.5, 0.6) is 5.75 Å². The molecule has 166 valence electrons. The molecule has 1 saturated heterocycles. The zero-order valence-corrected chi connectivity index (χ0v) is 17.9. The van der Waals surface area contributed by atoms with Crippen molar-refractivity contribution < 1.29 is 31.1 Å². The number of piperidine rings is 1. The average molecular weight is 466 g/mol. The molecule has 1 aliphatic heterocycles. The predicted molar refractivity (Wildman–Crippen MR) is 108 cm³/mol. The smallest absolute Gasteiger partial charge is 0.422 e. The summed E-state index contributed by atoms with van der Waals surface area (Å²) in [7, 11) is -3.52. The van der Waals surface area contributed by atoms with Gasteiger partial charge in [-0.1, -0.05) is 24.7 Å². The lowest BCUT2D eigenvalue weighted by molar-refractivity contribution is -0.153. The second-order valence-electron chi connectivity index (χ2n) is 6.98. The maximum Gasteiger partial charge on any atom is 0.422 e. The molecular formula is C18H22F3N3O4S2. The van der Waals surface area contributed by atoms with Gasteiger partial charge < -0.3 is 10.1 Å². The van der Waals surface area contributed by atoms with Gasteiger partial charge in [0.05, 0.1) is 16.0 Å². The van der Waals surface area contributed by atoms with Crippen LogP contribution in [0.4, 0.5) is 18.3 Å². The maximum absolute atomic E-state index is 12.8. The summed E-state index contributed by atoms with van der Waals surface area (Å²) in [6.45, 7) is 0.676. The van der Waals surface area contributed by atoms with Crippen LogP contribution in [-0.4, -0.2) is 54.7 Å². The molecule has 1 unspecified atom stereocenters. The van der Waals surface area contributed by atoms with Gasteiger partial charge in [0.1, 0.15) is 11.8 Å². The summed E-state index contributed by atoms with van der Waals surface area (Å²) in [5.74, 6) is -0.425. The minimum atomic E-state index is -4.44. The van der Waals surface area contributed by atoms with Crippen LogP contribution in [0.3, 0.4) is 0 Å². The zero-order chi connectivity index (χ0) is 21.9. The number of nitrogens with one attached hydrogen (secondary N) is 1. The van der Waals surface area contributed by atoms with E-state index in [2.05, 4.69) is 10.3 Å². The fourth-order valence-electron chi connectivity index (χ4n) is 3.28. The van der Waals surface area contributed by atoms with Crippen LogP contribution in [-0.2, 0) is 14.8 Å². The molecule has 1 aromatic heterocycles. The topological polar surface area (TPSA) is 88.6 Å². The number of amides is 1. The molecule has 1 amide bonds. The van der Waals surface area contributed by atoms with Gasteiger partial charge in [0.2, 0.25) is 15.9 Å². The highest BCUT2D eigenvalue weighted by Gasteiger charge is 2.36. The Balaban J connectivity index is 1.73. The minimum Gasteiger partial charge on any atom is -0.484 e. The fraction of sp³-hybridized carbons (Fsp3) is 0.556. The van der Waals surface area contributed by atoms with E-state index in [1.165, 1.54) is 22.5 Å². The summed E-state index contributed by atoms with van der Waals surface area (Å²) < 4.78 is 68.5. The number of ether oxygens (including phenoxy) is 1. The molecule has 1 aliphatic rings. The second kappa shape index (κ2) is 9.06. The van der Waals surface area contributed by atoms with Crippen LogP contribution in [0.1, 0.15) is 32.6 Å². The summed E-state index contributed by atoms with van der Waals surface area (Å²) in [6.07, 6.45) is -2.10. The number of benzene rings is 1. The molecular weight excluding hydrogens is 443 g/mol. The van der Waals surface area contributed by atoms with Crippen molar-refractivity contribution in [2.24, 2.45) is 0 Å². The number of fused-ring (bicyclic) bond motifs is 1. The van der Waals surface area contributed by atoms with Crippen LogP contribution < -0.4 is 10.1 Å². The lowest BCUT2D eigenvalue weighted by Gasteiger charge is -2.33. The first-order chi connectivity index (χ1) is 14.1. The molecule has 0 saturated carbocycles. The average Bonchev–Trinajstić information content (AvgIpc) is 3.07. The molecule has 12 heteroatoms. The number of aromatic nitrogens is 1. The molecule has 0 bridgehead atoms. The van der Waals surface area contributed by atoms with Crippen molar-refractivity contribution in [1.29, 1.82) is 0 Å². The predicted octanol–water partition coefficient (Wildman–Crippen LogP) is 3.77. The van der Waals surface area contributed by atoms with Gasteiger partial charge in [-0.15, -0.1) is 0 Å². The van der Waals surface area contributed by atoms with Crippen molar-refractivity contribution in [2.45, 2.75) is 44.8 Å². The lowest BCUT2D eigenvalue weighted by atomic mass is 10.0. The van der Waals surface area contributed by atoms with Gasteiger partial charge in [0.25, 0.3) is 0 Å². The van der Waals surface area contributed by atoms with Gasteiger partial charge in [-0.25, -0.2) is 13.4 Å². The van der Waals surface area contributed by atoms with Gasteiger partial charge in [-0.05, 0) is 37.5 Å². The van der Waals surface area contributed by atoms with E-state index in [0.29, 0.717) is 36.0 Å². The molecule has 0 radical (unpaired) electrons. The second-order valence-corrected chi connectivity index (χ2v) is 10.1. The van der Waals surface area contributed by atoms with Crippen molar-refractivity contribution in [1.82, 2.24) is 9.29 Å². The first-order valence-corrected chi connectivity index (χ1v) is 11.9. The molecule has 1 aromatic carbocycles. The first-order valence-electron chi connectivity index (χ1n) is 9.49. The highest BCUT2D eigenvalue weighted by molar-refractivity contribution is 7.89. The van der Waals surface area contributed by atoms with E-state index in [1.54, 1.807) is 6.92 Å². The monoisotopic (exact) mass is 465 g/mol. The quantitative estimate of drug-likeness (QED) is 0.673. The van der Waals surface area contributed by atoms with Gasteiger partial charge >= 0.3 is 6.18 Å². The van der Waals surface area contributed by atoms with Crippen molar-refractivity contribution in [3.8, 4) is 5.75 Å². The Morgan fingerprint density at radius 2 is 2.13 bits per heavy atom. The van der Waals surface area contributed by atoms with Gasteiger partial charge in [0, 0.05) is 6.54 Å². The first kappa shape index (κ1) is 22.8. The van der Waals surface area contributed by atoms with Crippen molar-refractivity contribution >= 4 is 42.6 Å². The number of hydrogen-bond donors (Lipinski definition) is 1. The summed E-state index contributed by atoms with van der Waals surface area (Å²) in [5, 5.41) is 2.91. The van der Waals surface area contributed by atoms with Crippen LogP contribution in [0, 0.1) is 0 Å². The Kier molecular flexibility index (Phi) is 6.88.